The summed E-state index contributed by atoms with van der Waals surface area (Å²) in [4.78, 5) is 25.5. The fourth-order valence-electron chi connectivity index (χ4n) is 2.23. The number of aromatic nitrogens is 1. The van der Waals surface area contributed by atoms with E-state index in [2.05, 4.69) is 9.72 Å². The van der Waals surface area contributed by atoms with Crippen molar-refractivity contribution >= 4 is 16.9 Å². The third-order valence-corrected chi connectivity index (χ3v) is 3.54. The van der Waals surface area contributed by atoms with Gasteiger partial charge in [-0.1, -0.05) is 0 Å². The second kappa shape index (κ2) is 5.43. The highest BCUT2D eigenvalue weighted by Crippen LogP contribution is 2.28. The predicted molar refractivity (Wildman–Crippen MR) is 76.0 cm³/mol. The molecule has 0 bridgehead atoms. The highest BCUT2D eigenvalue weighted by molar-refractivity contribution is 5.86. The first-order chi connectivity index (χ1) is 9.92. The van der Waals surface area contributed by atoms with Gasteiger partial charge >= 0.3 is 11.5 Å². The largest absolute Gasteiger partial charge is 0.497 e. The zero-order valence-electron chi connectivity index (χ0n) is 12.0. The van der Waals surface area contributed by atoms with Gasteiger partial charge < -0.3 is 14.5 Å². The Bertz CT molecular complexity index is 694. The Morgan fingerprint density at radius 3 is 2.71 bits per heavy atom. The molecule has 0 aliphatic heterocycles. The van der Waals surface area contributed by atoms with E-state index in [1.165, 1.54) is 6.92 Å². The molecule has 0 amide bonds. The number of hydrogen-bond acceptors (Lipinski definition) is 5. The van der Waals surface area contributed by atoms with Crippen LogP contribution in [-0.2, 0) is 16.0 Å². The first-order valence-electron chi connectivity index (χ1n) is 6.29. The number of nitrogens with one attached hydrogen (secondary N) is 1. The number of carbonyl (C=O) groups excluding carboxylic acids is 1. The number of hydrogen-bond donors (Lipinski definition) is 1. The van der Waals surface area contributed by atoms with E-state index in [0.717, 1.165) is 18.0 Å². The maximum absolute atomic E-state index is 11.8. The molecule has 0 saturated carbocycles. The maximum atomic E-state index is 11.8. The van der Waals surface area contributed by atoms with Gasteiger partial charge in [-0.15, -0.1) is 0 Å². The van der Waals surface area contributed by atoms with Gasteiger partial charge in [0.1, 0.15) is 5.75 Å². The second-order valence-electron chi connectivity index (χ2n) is 4.92. The molecule has 0 unspecified atom stereocenters. The molecule has 2 aromatic rings. The van der Waals surface area contributed by atoms with Crippen LogP contribution in [0.25, 0.3) is 10.9 Å². The lowest BCUT2D eigenvalue weighted by Gasteiger charge is -2.17. The molecule has 0 aliphatic carbocycles. The van der Waals surface area contributed by atoms with Gasteiger partial charge in [0.05, 0.1) is 20.6 Å². The molecule has 1 atom stereocenters. The van der Waals surface area contributed by atoms with Crippen LogP contribution in [0.4, 0.5) is 0 Å². The quantitative estimate of drug-likeness (QED) is 0.516. The average Bonchev–Trinajstić information content (AvgIpc) is 2.88. The van der Waals surface area contributed by atoms with E-state index < -0.39 is 16.4 Å². The van der Waals surface area contributed by atoms with Crippen LogP contribution in [0.2, 0.25) is 0 Å². The number of nitrogens with zero attached hydrogens (tertiary/aromatic N) is 1. The number of ether oxygens (including phenoxy) is 2. The number of rotatable bonds is 5. The van der Waals surface area contributed by atoms with Gasteiger partial charge in [0.15, 0.2) is 0 Å². The van der Waals surface area contributed by atoms with E-state index in [4.69, 9.17) is 4.74 Å². The van der Waals surface area contributed by atoms with Gasteiger partial charge in [0.25, 0.3) is 0 Å². The van der Waals surface area contributed by atoms with E-state index in [1.54, 1.807) is 25.4 Å². The predicted octanol–water partition coefficient (Wildman–Crippen LogP) is 1.93. The van der Waals surface area contributed by atoms with Gasteiger partial charge in [-0.3, -0.25) is 10.1 Å². The van der Waals surface area contributed by atoms with E-state index >= 15 is 0 Å². The van der Waals surface area contributed by atoms with Crippen LogP contribution in [0, 0.1) is 10.1 Å². The molecule has 0 saturated heterocycles. The van der Waals surface area contributed by atoms with Crippen molar-refractivity contribution < 1.29 is 19.2 Å². The van der Waals surface area contributed by atoms with Crippen LogP contribution < -0.4 is 4.74 Å². The van der Waals surface area contributed by atoms with Gasteiger partial charge in [0.2, 0.25) is 0 Å². The van der Waals surface area contributed by atoms with E-state index in [-0.39, 0.29) is 6.42 Å². The minimum Gasteiger partial charge on any atom is -0.497 e. The fraction of sp³-hybridized carbons (Fsp3) is 0.357. The van der Waals surface area contributed by atoms with Crippen LogP contribution in [0.5, 0.6) is 5.75 Å². The van der Waals surface area contributed by atoms with Crippen molar-refractivity contribution in [2.24, 2.45) is 0 Å². The summed E-state index contributed by atoms with van der Waals surface area (Å²) in [6.07, 6.45) is 1.59. The van der Waals surface area contributed by atoms with Crippen molar-refractivity contribution in [3.8, 4) is 5.75 Å². The van der Waals surface area contributed by atoms with Gasteiger partial charge in [-0.05, 0) is 23.8 Å². The summed E-state index contributed by atoms with van der Waals surface area (Å²) in [6.45, 7) is 1.26. The standard InChI is InChI=1S/C14H16N2O5/c1-14(16(18)19,13(17)21-3)7-9-8-15-12-5-4-10(20-2)6-11(9)12/h4-6,8,15H,7H2,1-3H3/t14-/m0/s1. The Morgan fingerprint density at radius 1 is 1.43 bits per heavy atom. The first kappa shape index (κ1) is 14.8. The van der Waals surface area contributed by atoms with Crippen molar-refractivity contribution in [2.45, 2.75) is 18.9 Å². The molecule has 1 aromatic heterocycles. The maximum Gasteiger partial charge on any atom is 0.384 e. The molecule has 7 heteroatoms. The molecule has 0 fully saturated rings. The average molecular weight is 292 g/mol. The van der Waals surface area contributed by atoms with Crippen molar-refractivity contribution in [1.82, 2.24) is 4.98 Å². The summed E-state index contributed by atoms with van der Waals surface area (Å²) in [5, 5.41) is 12.1. The number of esters is 1. The Hall–Kier alpha value is -2.57. The third kappa shape index (κ3) is 2.54. The van der Waals surface area contributed by atoms with Crippen LogP contribution in [0.15, 0.2) is 24.4 Å². The van der Waals surface area contributed by atoms with Crippen LogP contribution in [0.3, 0.4) is 0 Å². The van der Waals surface area contributed by atoms with Crippen molar-refractivity contribution in [3.63, 3.8) is 0 Å². The number of aromatic amines is 1. The van der Waals surface area contributed by atoms with E-state index in [0.29, 0.717) is 11.3 Å². The molecule has 2 rings (SSSR count). The summed E-state index contributed by atoms with van der Waals surface area (Å²) in [6, 6.07) is 5.38. The minimum absolute atomic E-state index is 0.0696. The van der Waals surface area contributed by atoms with Crippen LogP contribution >= 0.6 is 0 Å². The Labute approximate surface area is 121 Å². The SMILES string of the molecule is COC(=O)[C@](C)(Cc1c[nH]c2ccc(OC)cc12)[N+](=O)[O-]. The summed E-state index contributed by atoms with van der Waals surface area (Å²) >= 11 is 0. The number of carbonyl (C=O) groups is 1. The molecule has 7 nitrogen and oxygen atoms in total. The summed E-state index contributed by atoms with van der Waals surface area (Å²) in [7, 11) is 2.69. The Morgan fingerprint density at radius 2 is 2.14 bits per heavy atom. The number of benzene rings is 1. The molecular formula is C14H16N2O5. The summed E-state index contributed by atoms with van der Waals surface area (Å²) < 4.78 is 9.72. The molecule has 21 heavy (non-hydrogen) atoms. The van der Waals surface area contributed by atoms with Crippen molar-refractivity contribution in [1.29, 1.82) is 0 Å². The molecule has 1 aromatic carbocycles. The molecule has 0 spiro atoms. The van der Waals surface area contributed by atoms with Crippen LogP contribution in [-0.4, -0.2) is 35.6 Å². The summed E-state index contributed by atoms with van der Waals surface area (Å²) in [5.74, 6) is -0.228. The highest BCUT2D eigenvalue weighted by atomic mass is 16.6. The fourth-order valence-corrected chi connectivity index (χ4v) is 2.23. The van der Waals surface area contributed by atoms with Crippen molar-refractivity contribution in [3.05, 3.63) is 40.1 Å². The minimum atomic E-state index is -1.83. The highest BCUT2D eigenvalue weighted by Gasteiger charge is 2.47. The van der Waals surface area contributed by atoms with Crippen molar-refractivity contribution in [2.75, 3.05) is 14.2 Å². The molecule has 0 aliphatic rings. The van der Waals surface area contributed by atoms with E-state index in [1.807, 2.05) is 6.07 Å². The zero-order valence-corrected chi connectivity index (χ0v) is 12.0. The Balaban J connectivity index is 2.46. The Kier molecular flexibility index (Phi) is 3.84. The number of nitro groups is 1. The smallest absolute Gasteiger partial charge is 0.384 e. The lowest BCUT2D eigenvalue weighted by molar-refractivity contribution is -0.550. The van der Waals surface area contributed by atoms with Gasteiger partial charge in [-0.25, -0.2) is 4.79 Å². The molecule has 112 valence electrons. The summed E-state index contributed by atoms with van der Waals surface area (Å²) in [5.41, 5.74) is -0.345. The monoisotopic (exact) mass is 292 g/mol. The van der Waals surface area contributed by atoms with E-state index in [9.17, 15) is 14.9 Å². The second-order valence-corrected chi connectivity index (χ2v) is 4.92. The number of methoxy groups -OCH3 is 2. The molecule has 1 N–H and O–H groups in total. The van der Waals surface area contributed by atoms with Gasteiger partial charge in [-0.2, -0.15) is 0 Å². The lowest BCUT2D eigenvalue weighted by Crippen LogP contribution is -2.46. The molecule has 0 radical (unpaired) electrons. The first-order valence-corrected chi connectivity index (χ1v) is 6.29. The molecular weight excluding hydrogens is 276 g/mol. The zero-order chi connectivity index (χ0) is 15.6. The molecule has 1 heterocycles. The number of H-pyrrole nitrogens is 1. The normalized spacial score (nSPS) is 13.7. The lowest BCUT2D eigenvalue weighted by atomic mass is 9.93. The third-order valence-electron chi connectivity index (χ3n) is 3.54. The topological polar surface area (TPSA) is 94.5 Å². The van der Waals surface area contributed by atoms with Crippen LogP contribution in [0.1, 0.15) is 12.5 Å². The van der Waals surface area contributed by atoms with Gasteiger partial charge in [0, 0.05) is 28.9 Å². The number of fused-ring (bicyclic) bond motifs is 1.